The van der Waals surface area contributed by atoms with Gasteiger partial charge in [-0.3, -0.25) is 9.69 Å². The Bertz CT molecular complexity index is 1210. The number of amides is 1. The van der Waals surface area contributed by atoms with Gasteiger partial charge < -0.3 is 20.3 Å². The molecule has 2 fully saturated rings. The molecule has 2 saturated heterocycles. The number of sulfone groups is 1. The van der Waals surface area contributed by atoms with Gasteiger partial charge in [-0.2, -0.15) is 0 Å². The van der Waals surface area contributed by atoms with Gasteiger partial charge in [-0.1, -0.05) is 0 Å². The summed E-state index contributed by atoms with van der Waals surface area (Å²) >= 11 is 1.81. The number of hydrogen-bond donors (Lipinski definition) is 1. The molecule has 1 unspecified atom stereocenters. The maximum atomic E-state index is 12.2. The Morgan fingerprint density at radius 2 is 1.81 bits per heavy atom. The SMILES string of the molecule is CS(=O)(=O)CC(=O)N1CCN(CC2Cc3nc(-c4cnc(N)nc4)nc(N4CCOCC4)c3S2)CC1. The molecule has 2 N–H and O–H groups in total. The molecule has 0 saturated carbocycles. The molecule has 1 atom stereocenters. The first-order chi connectivity index (χ1) is 17.2. The number of rotatable bonds is 6. The first-order valence-electron chi connectivity index (χ1n) is 11.9. The summed E-state index contributed by atoms with van der Waals surface area (Å²) in [5.41, 5.74) is 7.41. The summed E-state index contributed by atoms with van der Waals surface area (Å²) in [6.45, 7) is 6.25. The van der Waals surface area contributed by atoms with E-state index in [1.165, 1.54) is 0 Å². The Morgan fingerprint density at radius 3 is 2.47 bits per heavy atom. The summed E-state index contributed by atoms with van der Waals surface area (Å²) in [7, 11) is -3.32. The lowest BCUT2D eigenvalue weighted by Crippen LogP contribution is -2.51. The third-order valence-electron chi connectivity index (χ3n) is 6.44. The van der Waals surface area contributed by atoms with Crippen LogP contribution in [0.25, 0.3) is 11.4 Å². The van der Waals surface area contributed by atoms with E-state index in [-0.39, 0.29) is 11.9 Å². The van der Waals surface area contributed by atoms with Crippen molar-refractivity contribution in [3.05, 3.63) is 18.1 Å². The van der Waals surface area contributed by atoms with Crippen molar-refractivity contribution >= 4 is 39.3 Å². The van der Waals surface area contributed by atoms with E-state index < -0.39 is 15.6 Å². The number of hydrogen-bond acceptors (Lipinski definition) is 12. The molecule has 0 aliphatic carbocycles. The van der Waals surface area contributed by atoms with Crippen LogP contribution in [0.5, 0.6) is 0 Å². The maximum Gasteiger partial charge on any atom is 0.237 e. The number of piperazine rings is 1. The summed E-state index contributed by atoms with van der Waals surface area (Å²) in [5, 5.41) is 0.310. The smallest absolute Gasteiger partial charge is 0.237 e. The molecule has 194 valence electrons. The lowest BCUT2D eigenvalue weighted by molar-refractivity contribution is -0.130. The molecule has 5 heterocycles. The Morgan fingerprint density at radius 1 is 1.11 bits per heavy atom. The molecule has 2 aromatic heterocycles. The number of thioether (sulfide) groups is 1. The van der Waals surface area contributed by atoms with Crippen molar-refractivity contribution in [2.45, 2.75) is 16.6 Å². The molecule has 0 radical (unpaired) electrons. The lowest BCUT2D eigenvalue weighted by atomic mass is 10.2. The molecule has 0 aromatic carbocycles. The number of nitrogens with zero attached hydrogens (tertiary/aromatic N) is 7. The number of nitrogens with two attached hydrogens (primary N) is 1. The van der Waals surface area contributed by atoms with Crippen LogP contribution in [0.1, 0.15) is 5.69 Å². The van der Waals surface area contributed by atoms with E-state index in [1.54, 1.807) is 17.3 Å². The average Bonchev–Trinajstić information content (AvgIpc) is 3.26. The van der Waals surface area contributed by atoms with Gasteiger partial charge in [0.25, 0.3) is 0 Å². The Labute approximate surface area is 214 Å². The minimum atomic E-state index is -3.32. The van der Waals surface area contributed by atoms with E-state index >= 15 is 0 Å². The first-order valence-corrected chi connectivity index (χ1v) is 14.9. The molecule has 3 aliphatic heterocycles. The molecule has 0 bridgehead atoms. The van der Waals surface area contributed by atoms with Crippen molar-refractivity contribution in [1.29, 1.82) is 0 Å². The summed E-state index contributed by atoms with van der Waals surface area (Å²) in [4.78, 5) is 37.6. The molecular weight excluding hydrogens is 504 g/mol. The van der Waals surface area contributed by atoms with Gasteiger partial charge in [0.2, 0.25) is 11.9 Å². The van der Waals surface area contributed by atoms with Crippen LogP contribution in [-0.4, -0.2) is 120 Å². The number of nitrogen functional groups attached to an aromatic ring is 1. The second-order valence-corrected chi connectivity index (χ2v) is 12.7. The largest absolute Gasteiger partial charge is 0.378 e. The molecular formula is C22H30N8O4S2. The summed E-state index contributed by atoms with van der Waals surface area (Å²) in [5.74, 6) is 0.991. The van der Waals surface area contributed by atoms with Gasteiger partial charge in [0.05, 0.1) is 29.4 Å². The van der Waals surface area contributed by atoms with E-state index in [0.717, 1.165) is 67.4 Å². The highest BCUT2D eigenvalue weighted by Gasteiger charge is 2.33. The predicted molar refractivity (Wildman–Crippen MR) is 137 cm³/mol. The summed E-state index contributed by atoms with van der Waals surface area (Å²) in [6, 6.07) is 0. The van der Waals surface area contributed by atoms with Crippen LogP contribution >= 0.6 is 11.8 Å². The molecule has 12 nitrogen and oxygen atoms in total. The van der Waals surface area contributed by atoms with Crippen LogP contribution in [-0.2, 0) is 25.8 Å². The molecule has 3 aliphatic rings. The zero-order valence-corrected chi connectivity index (χ0v) is 21.8. The van der Waals surface area contributed by atoms with Crippen LogP contribution in [0.3, 0.4) is 0 Å². The van der Waals surface area contributed by atoms with Gasteiger partial charge in [0.1, 0.15) is 11.6 Å². The zero-order chi connectivity index (χ0) is 25.3. The monoisotopic (exact) mass is 534 g/mol. The van der Waals surface area contributed by atoms with Gasteiger partial charge >= 0.3 is 0 Å². The standard InChI is InChI=1S/C22H30N8O4S2/c1-36(32,33)14-18(31)29-4-2-28(3-5-29)13-16-10-17-19(35-16)21(30-6-8-34-9-7-30)27-20(26-17)15-11-24-22(23)25-12-15/h11-12,16H,2-10,13-14H2,1H3,(H2,23,24,25). The van der Waals surface area contributed by atoms with Crippen LogP contribution in [0, 0.1) is 0 Å². The molecule has 14 heteroatoms. The normalized spacial score (nSPS) is 21.0. The number of fused-ring (bicyclic) bond motifs is 1. The molecule has 2 aromatic rings. The molecule has 0 spiro atoms. The fourth-order valence-corrected chi connectivity index (χ4v) is 6.66. The van der Waals surface area contributed by atoms with Crippen LogP contribution < -0.4 is 10.6 Å². The van der Waals surface area contributed by atoms with Gasteiger partial charge in [-0.05, 0) is 0 Å². The number of anilines is 2. The van der Waals surface area contributed by atoms with Gasteiger partial charge in [-0.15, -0.1) is 11.8 Å². The zero-order valence-electron chi connectivity index (χ0n) is 20.2. The fraction of sp³-hybridized carbons (Fsp3) is 0.591. The highest BCUT2D eigenvalue weighted by molar-refractivity contribution is 8.00. The Hall–Kier alpha value is -2.55. The summed E-state index contributed by atoms with van der Waals surface area (Å²) in [6.07, 6.45) is 5.21. The third-order valence-corrected chi connectivity index (χ3v) is 8.51. The number of morpholine rings is 1. The average molecular weight is 535 g/mol. The number of aromatic nitrogens is 4. The fourth-order valence-electron chi connectivity index (χ4n) is 4.62. The van der Waals surface area contributed by atoms with Crippen molar-refractivity contribution in [3.63, 3.8) is 0 Å². The van der Waals surface area contributed by atoms with Crippen molar-refractivity contribution in [2.75, 3.05) is 81.7 Å². The van der Waals surface area contributed by atoms with Crippen LogP contribution in [0.2, 0.25) is 0 Å². The van der Waals surface area contributed by atoms with Crippen LogP contribution in [0.15, 0.2) is 17.3 Å². The lowest BCUT2D eigenvalue weighted by Gasteiger charge is -2.35. The van der Waals surface area contributed by atoms with Crippen molar-refractivity contribution in [3.8, 4) is 11.4 Å². The molecule has 5 rings (SSSR count). The minimum Gasteiger partial charge on any atom is -0.378 e. The van der Waals surface area contributed by atoms with E-state index in [4.69, 9.17) is 20.4 Å². The van der Waals surface area contributed by atoms with Crippen molar-refractivity contribution < 1.29 is 17.9 Å². The second kappa shape index (κ2) is 10.4. The van der Waals surface area contributed by atoms with E-state index in [2.05, 4.69) is 19.8 Å². The molecule has 1 amide bonds. The third kappa shape index (κ3) is 5.88. The Kier molecular flexibility index (Phi) is 7.28. The van der Waals surface area contributed by atoms with E-state index in [0.29, 0.717) is 37.4 Å². The highest BCUT2D eigenvalue weighted by Crippen LogP contribution is 2.43. The number of carbonyl (C=O) groups excluding carboxylic acids is 1. The van der Waals surface area contributed by atoms with E-state index in [9.17, 15) is 13.2 Å². The topological polar surface area (TPSA) is 148 Å². The van der Waals surface area contributed by atoms with Gasteiger partial charge in [0, 0.05) is 76.1 Å². The van der Waals surface area contributed by atoms with E-state index in [1.807, 2.05) is 11.8 Å². The second-order valence-electron chi connectivity index (χ2n) is 9.27. The van der Waals surface area contributed by atoms with Crippen molar-refractivity contribution in [2.24, 2.45) is 0 Å². The first kappa shape index (κ1) is 25.1. The minimum absolute atomic E-state index is 0.210. The van der Waals surface area contributed by atoms with Gasteiger partial charge in [-0.25, -0.2) is 28.4 Å². The maximum absolute atomic E-state index is 12.2. The van der Waals surface area contributed by atoms with Crippen molar-refractivity contribution in [1.82, 2.24) is 29.7 Å². The Balaban J connectivity index is 1.28. The number of ether oxygens (including phenoxy) is 1. The predicted octanol–water partition coefficient (Wildman–Crippen LogP) is -0.442. The van der Waals surface area contributed by atoms with Gasteiger partial charge in [0.15, 0.2) is 15.7 Å². The quantitative estimate of drug-likeness (QED) is 0.512. The highest BCUT2D eigenvalue weighted by atomic mass is 32.2. The number of carbonyl (C=O) groups is 1. The van der Waals surface area contributed by atoms with Crippen LogP contribution in [0.4, 0.5) is 11.8 Å². The summed E-state index contributed by atoms with van der Waals surface area (Å²) < 4.78 is 28.5. The molecule has 36 heavy (non-hydrogen) atoms.